The zero-order valence-electron chi connectivity index (χ0n) is 10.5. The van der Waals surface area contributed by atoms with E-state index < -0.39 is 5.82 Å². The van der Waals surface area contributed by atoms with E-state index in [0.717, 1.165) is 5.69 Å². The number of nitriles is 1. The van der Waals surface area contributed by atoms with Crippen molar-refractivity contribution in [1.29, 1.82) is 5.26 Å². The number of aryl methyl sites for hydroxylation is 2. The maximum absolute atomic E-state index is 13.7. The molecular formula is C14H11ClFN3. The van der Waals surface area contributed by atoms with Gasteiger partial charge in [-0.25, -0.2) is 4.39 Å². The van der Waals surface area contributed by atoms with Crippen LogP contribution in [0, 0.1) is 31.0 Å². The Kier molecular flexibility index (Phi) is 3.68. The normalized spacial score (nSPS) is 10.1. The molecule has 0 aliphatic carbocycles. The predicted octanol–water partition coefficient (Wildman–Crippen LogP) is 4.11. The lowest BCUT2D eigenvalue weighted by Gasteiger charge is -2.11. The number of pyridine rings is 1. The quantitative estimate of drug-likeness (QED) is 0.897. The van der Waals surface area contributed by atoms with Gasteiger partial charge in [-0.05, 0) is 38.1 Å². The second kappa shape index (κ2) is 5.25. The third kappa shape index (κ3) is 2.83. The van der Waals surface area contributed by atoms with E-state index in [4.69, 9.17) is 16.9 Å². The highest BCUT2D eigenvalue weighted by Crippen LogP contribution is 2.27. The monoisotopic (exact) mass is 275 g/mol. The number of nitrogens with zero attached hydrogens (tertiary/aromatic N) is 2. The van der Waals surface area contributed by atoms with Crippen molar-refractivity contribution in [3.05, 3.63) is 52.1 Å². The number of hydrogen-bond donors (Lipinski definition) is 1. The second-order valence-corrected chi connectivity index (χ2v) is 4.57. The summed E-state index contributed by atoms with van der Waals surface area (Å²) < 4.78 is 13.7. The van der Waals surface area contributed by atoms with E-state index in [0.29, 0.717) is 22.0 Å². The average molecular weight is 276 g/mol. The van der Waals surface area contributed by atoms with Crippen molar-refractivity contribution in [2.45, 2.75) is 13.8 Å². The van der Waals surface area contributed by atoms with Crippen molar-refractivity contribution in [3.63, 3.8) is 0 Å². The molecule has 0 aliphatic heterocycles. The highest BCUT2D eigenvalue weighted by Gasteiger charge is 2.10. The molecule has 2 rings (SSSR count). The van der Waals surface area contributed by atoms with Gasteiger partial charge in [0.15, 0.2) is 0 Å². The highest BCUT2D eigenvalue weighted by atomic mass is 35.5. The molecular weight excluding hydrogens is 265 g/mol. The third-order valence-electron chi connectivity index (χ3n) is 2.64. The molecule has 0 fully saturated rings. The minimum absolute atomic E-state index is 0.231. The third-order valence-corrected chi connectivity index (χ3v) is 2.87. The standard InChI is InChI=1S/C14H11ClFN3/c1-8-5-13(11(7-17)9(2)18-8)19-14-6-10(15)3-4-12(14)16/h3-6H,1-2H3,(H,18,19). The molecule has 0 aliphatic rings. The smallest absolute Gasteiger partial charge is 0.146 e. The minimum Gasteiger partial charge on any atom is -0.352 e. The van der Waals surface area contributed by atoms with E-state index in [2.05, 4.69) is 16.4 Å². The lowest BCUT2D eigenvalue weighted by atomic mass is 10.1. The first-order valence-corrected chi connectivity index (χ1v) is 5.99. The summed E-state index contributed by atoms with van der Waals surface area (Å²) in [5, 5.41) is 12.5. The van der Waals surface area contributed by atoms with E-state index in [1.807, 2.05) is 6.92 Å². The van der Waals surface area contributed by atoms with Crippen LogP contribution < -0.4 is 5.32 Å². The fourth-order valence-corrected chi connectivity index (χ4v) is 1.98. The molecule has 5 heteroatoms. The Morgan fingerprint density at radius 1 is 1.26 bits per heavy atom. The predicted molar refractivity (Wildman–Crippen MR) is 73.1 cm³/mol. The average Bonchev–Trinajstić information content (AvgIpc) is 2.33. The summed E-state index contributed by atoms with van der Waals surface area (Å²) in [7, 11) is 0. The molecule has 0 saturated heterocycles. The number of nitrogens with one attached hydrogen (secondary N) is 1. The van der Waals surface area contributed by atoms with Gasteiger partial charge in [0.1, 0.15) is 11.9 Å². The van der Waals surface area contributed by atoms with Crippen LogP contribution in [-0.4, -0.2) is 4.98 Å². The summed E-state index contributed by atoms with van der Waals surface area (Å²) in [6.07, 6.45) is 0. The fourth-order valence-electron chi connectivity index (χ4n) is 1.81. The SMILES string of the molecule is Cc1cc(Nc2cc(Cl)ccc2F)c(C#N)c(C)n1. The number of aromatic nitrogens is 1. The summed E-state index contributed by atoms with van der Waals surface area (Å²) in [5.41, 5.74) is 2.50. The van der Waals surface area contributed by atoms with E-state index in [-0.39, 0.29) is 5.69 Å². The molecule has 0 amide bonds. The summed E-state index contributed by atoms with van der Waals surface area (Å²) in [6, 6.07) is 7.98. The Morgan fingerprint density at radius 3 is 2.68 bits per heavy atom. The van der Waals surface area contributed by atoms with Gasteiger partial charge in [0.2, 0.25) is 0 Å². The van der Waals surface area contributed by atoms with E-state index >= 15 is 0 Å². The molecule has 1 aromatic carbocycles. The zero-order valence-corrected chi connectivity index (χ0v) is 11.2. The molecule has 0 unspecified atom stereocenters. The van der Waals surface area contributed by atoms with Crippen LogP contribution in [0.3, 0.4) is 0 Å². The topological polar surface area (TPSA) is 48.7 Å². The van der Waals surface area contributed by atoms with Crippen molar-refractivity contribution < 1.29 is 4.39 Å². The maximum atomic E-state index is 13.7. The molecule has 0 atom stereocenters. The Hall–Kier alpha value is -2.12. The molecule has 2 aromatic rings. The van der Waals surface area contributed by atoms with Crippen LogP contribution >= 0.6 is 11.6 Å². The minimum atomic E-state index is -0.430. The number of halogens is 2. The largest absolute Gasteiger partial charge is 0.352 e. The summed E-state index contributed by atoms with van der Waals surface area (Å²) in [4.78, 5) is 4.20. The van der Waals surface area contributed by atoms with Gasteiger partial charge in [-0.1, -0.05) is 11.6 Å². The number of anilines is 2. The molecule has 1 aromatic heterocycles. The molecule has 0 radical (unpaired) electrons. The molecule has 19 heavy (non-hydrogen) atoms. The first-order chi connectivity index (χ1) is 9.01. The molecule has 0 saturated carbocycles. The van der Waals surface area contributed by atoms with Crippen molar-refractivity contribution >= 4 is 23.0 Å². The van der Waals surface area contributed by atoms with E-state index in [1.54, 1.807) is 13.0 Å². The van der Waals surface area contributed by atoms with Crippen LogP contribution in [0.5, 0.6) is 0 Å². The van der Waals surface area contributed by atoms with Gasteiger partial charge < -0.3 is 5.32 Å². The van der Waals surface area contributed by atoms with E-state index in [1.165, 1.54) is 18.2 Å². The van der Waals surface area contributed by atoms with Crippen LogP contribution in [-0.2, 0) is 0 Å². The van der Waals surface area contributed by atoms with Crippen LogP contribution in [0.25, 0.3) is 0 Å². The second-order valence-electron chi connectivity index (χ2n) is 4.13. The first-order valence-electron chi connectivity index (χ1n) is 5.61. The van der Waals surface area contributed by atoms with Gasteiger partial charge in [-0.15, -0.1) is 0 Å². The Labute approximate surface area is 115 Å². The first kappa shape index (κ1) is 13.3. The number of rotatable bonds is 2. The van der Waals surface area contributed by atoms with Crippen molar-refractivity contribution in [2.75, 3.05) is 5.32 Å². The summed E-state index contributed by atoms with van der Waals surface area (Å²) in [5.74, 6) is -0.430. The molecule has 1 N–H and O–H groups in total. The van der Waals surface area contributed by atoms with Crippen LogP contribution in [0.15, 0.2) is 24.3 Å². The molecule has 0 spiro atoms. The van der Waals surface area contributed by atoms with Gasteiger partial charge in [0, 0.05) is 10.7 Å². The molecule has 96 valence electrons. The lowest BCUT2D eigenvalue weighted by Crippen LogP contribution is -2.01. The highest BCUT2D eigenvalue weighted by molar-refractivity contribution is 6.30. The summed E-state index contributed by atoms with van der Waals surface area (Å²) in [6.45, 7) is 3.55. The number of hydrogen-bond acceptors (Lipinski definition) is 3. The molecule has 1 heterocycles. The van der Waals surface area contributed by atoms with Crippen LogP contribution in [0.4, 0.5) is 15.8 Å². The van der Waals surface area contributed by atoms with Gasteiger partial charge in [0.25, 0.3) is 0 Å². The summed E-state index contributed by atoms with van der Waals surface area (Å²) >= 11 is 5.84. The van der Waals surface area contributed by atoms with Crippen LogP contribution in [0.2, 0.25) is 5.02 Å². The zero-order chi connectivity index (χ0) is 14.0. The van der Waals surface area contributed by atoms with Crippen molar-refractivity contribution in [2.24, 2.45) is 0 Å². The Balaban J connectivity index is 2.49. The fraction of sp³-hybridized carbons (Fsp3) is 0.143. The van der Waals surface area contributed by atoms with Gasteiger partial charge in [-0.3, -0.25) is 4.98 Å². The Bertz CT molecular complexity index is 677. The lowest BCUT2D eigenvalue weighted by molar-refractivity contribution is 0.632. The molecule has 0 bridgehead atoms. The Morgan fingerprint density at radius 2 is 2.00 bits per heavy atom. The van der Waals surface area contributed by atoms with Gasteiger partial charge in [-0.2, -0.15) is 5.26 Å². The van der Waals surface area contributed by atoms with Gasteiger partial charge in [0.05, 0.1) is 22.6 Å². The van der Waals surface area contributed by atoms with Gasteiger partial charge >= 0.3 is 0 Å². The van der Waals surface area contributed by atoms with Crippen molar-refractivity contribution in [3.8, 4) is 6.07 Å². The molecule has 3 nitrogen and oxygen atoms in total. The van der Waals surface area contributed by atoms with Crippen molar-refractivity contribution in [1.82, 2.24) is 4.98 Å². The maximum Gasteiger partial charge on any atom is 0.146 e. The number of benzene rings is 1. The van der Waals surface area contributed by atoms with Crippen LogP contribution in [0.1, 0.15) is 17.0 Å². The van der Waals surface area contributed by atoms with E-state index in [9.17, 15) is 4.39 Å².